The molecule has 4 heteroatoms. The van der Waals surface area contributed by atoms with Gasteiger partial charge in [0.05, 0.1) is 6.04 Å². The second-order valence-electron chi connectivity index (χ2n) is 9.32. The van der Waals surface area contributed by atoms with Crippen LogP contribution in [0.1, 0.15) is 70.5 Å². The van der Waals surface area contributed by atoms with Gasteiger partial charge in [-0.3, -0.25) is 0 Å². The van der Waals surface area contributed by atoms with Gasteiger partial charge in [0.1, 0.15) is 11.3 Å². The number of likely N-dealkylation sites (tertiary alicyclic amines) is 1. The fourth-order valence-electron chi connectivity index (χ4n) is 4.59. The van der Waals surface area contributed by atoms with E-state index in [4.69, 9.17) is 4.74 Å². The van der Waals surface area contributed by atoms with Crippen LogP contribution in [0.25, 0.3) is 0 Å². The zero-order valence-corrected chi connectivity index (χ0v) is 16.1. The van der Waals surface area contributed by atoms with Gasteiger partial charge in [-0.25, -0.2) is 9.18 Å². The van der Waals surface area contributed by atoms with E-state index >= 15 is 0 Å². The Labute approximate surface area is 150 Å². The van der Waals surface area contributed by atoms with E-state index in [0.717, 1.165) is 18.4 Å². The molecule has 1 aliphatic carbocycles. The number of ether oxygens (including phenoxy) is 1. The maximum absolute atomic E-state index is 14.2. The third kappa shape index (κ3) is 3.99. The lowest BCUT2D eigenvalue weighted by atomic mass is 9.55. The molecule has 1 atom stereocenters. The van der Waals surface area contributed by atoms with E-state index in [1.807, 2.05) is 25.7 Å². The summed E-state index contributed by atoms with van der Waals surface area (Å²) in [6, 6.07) is 8.28. The first-order valence-electron chi connectivity index (χ1n) is 9.24. The highest BCUT2D eigenvalue weighted by molar-refractivity contribution is 5.69. The van der Waals surface area contributed by atoms with Crippen molar-refractivity contribution in [1.29, 1.82) is 0 Å². The average Bonchev–Trinajstić information content (AvgIpc) is 2.44. The number of alkyl halides is 1. The molecule has 1 aromatic rings. The molecule has 138 valence electrons. The first kappa shape index (κ1) is 18.2. The molecule has 0 radical (unpaired) electrons. The Balaban J connectivity index is 1.84. The Hall–Kier alpha value is -1.58. The number of benzene rings is 1. The van der Waals surface area contributed by atoms with Crippen LogP contribution < -0.4 is 0 Å². The number of halogens is 1. The minimum atomic E-state index is -1.05. The lowest BCUT2D eigenvalue weighted by Crippen LogP contribution is -2.55. The SMILES string of the molecule is Cc1ccc(C2CC3(CCN2C(=O)OC(C)(C)C)CC(C)(F)C3)cc1. The summed E-state index contributed by atoms with van der Waals surface area (Å²) in [6.45, 7) is 10.0. The smallest absolute Gasteiger partial charge is 0.410 e. The molecule has 0 N–H and O–H groups in total. The second kappa shape index (κ2) is 6.00. The van der Waals surface area contributed by atoms with Crippen molar-refractivity contribution in [2.45, 2.75) is 77.6 Å². The molecule has 1 spiro atoms. The predicted molar refractivity (Wildman–Crippen MR) is 97.3 cm³/mol. The monoisotopic (exact) mass is 347 g/mol. The van der Waals surface area contributed by atoms with Crippen LogP contribution in [0.3, 0.4) is 0 Å². The number of amides is 1. The van der Waals surface area contributed by atoms with Crippen molar-refractivity contribution in [1.82, 2.24) is 4.90 Å². The van der Waals surface area contributed by atoms with Crippen LogP contribution in [0.15, 0.2) is 24.3 Å². The molecule has 1 heterocycles. The Kier molecular flexibility index (Phi) is 4.37. The molecule has 3 rings (SSSR count). The van der Waals surface area contributed by atoms with Crippen molar-refractivity contribution >= 4 is 6.09 Å². The average molecular weight is 347 g/mol. The molecule has 2 aliphatic rings. The van der Waals surface area contributed by atoms with Crippen LogP contribution in [0.2, 0.25) is 0 Å². The molecule has 2 fully saturated rings. The summed E-state index contributed by atoms with van der Waals surface area (Å²) in [5.74, 6) is 0. The number of rotatable bonds is 1. The molecule has 1 saturated carbocycles. The topological polar surface area (TPSA) is 29.5 Å². The highest BCUT2D eigenvalue weighted by atomic mass is 19.1. The molecule has 1 unspecified atom stereocenters. The highest BCUT2D eigenvalue weighted by Crippen LogP contribution is 2.59. The maximum Gasteiger partial charge on any atom is 0.410 e. The Morgan fingerprint density at radius 2 is 1.84 bits per heavy atom. The van der Waals surface area contributed by atoms with E-state index in [1.165, 1.54) is 5.56 Å². The number of carbonyl (C=O) groups is 1. The molecule has 0 bridgehead atoms. The number of aryl methyl sites for hydroxylation is 1. The zero-order valence-electron chi connectivity index (χ0n) is 16.1. The van der Waals surface area contributed by atoms with E-state index in [2.05, 4.69) is 31.2 Å². The second-order valence-corrected chi connectivity index (χ2v) is 9.32. The van der Waals surface area contributed by atoms with Crippen LogP contribution in [0.4, 0.5) is 9.18 Å². The first-order valence-corrected chi connectivity index (χ1v) is 9.24. The van der Waals surface area contributed by atoms with Crippen molar-refractivity contribution in [3.05, 3.63) is 35.4 Å². The van der Waals surface area contributed by atoms with E-state index in [-0.39, 0.29) is 17.6 Å². The predicted octanol–water partition coefficient (Wildman–Crippen LogP) is 5.58. The van der Waals surface area contributed by atoms with E-state index in [1.54, 1.807) is 6.92 Å². The van der Waals surface area contributed by atoms with Gasteiger partial charge in [-0.1, -0.05) is 29.8 Å². The van der Waals surface area contributed by atoms with Crippen molar-refractivity contribution in [3.8, 4) is 0 Å². The Morgan fingerprint density at radius 3 is 2.36 bits per heavy atom. The fourth-order valence-corrected chi connectivity index (χ4v) is 4.59. The molecule has 0 aromatic heterocycles. The molecular weight excluding hydrogens is 317 g/mol. The summed E-state index contributed by atoms with van der Waals surface area (Å²) >= 11 is 0. The van der Waals surface area contributed by atoms with E-state index in [0.29, 0.717) is 19.4 Å². The number of piperidine rings is 1. The van der Waals surface area contributed by atoms with Crippen molar-refractivity contribution in [3.63, 3.8) is 0 Å². The minimum absolute atomic E-state index is 0.0254. The maximum atomic E-state index is 14.2. The van der Waals surface area contributed by atoms with Gasteiger partial charge in [0, 0.05) is 6.54 Å². The molecule has 1 amide bonds. The van der Waals surface area contributed by atoms with Crippen molar-refractivity contribution < 1.29 is 13.9 Å². The Bertz CT molecular complexity index is 637. The van der Waals surface area contributed by atoms with Gasteiger partial charge in [0.25, 0.3) is 0 Å². The lowest BCUT2D eigenvalue weighted by molar-refractivity contribution is -0.104. The Morgan fingerprint density at radius 1 is 1.24 bits per heavy atom. The van der Waals surface area contributed by atoms with Crippen LogP contribution in [0, 0.1) is 12.3 Å². The summed E-state index contributed by atoms with van der Waals surface area (Å²) in [7, 11) is 0. The molecular formula is C21H30FNO2. The quantitative estimate of drug-likeness (QED) is 0.664. The van der Waals surface area contributed by atoms with Gasteiger partial charge in [0.15, 0.2) is 0 Å². The van der Waals surface area contributed by atoms with Gasteiger partial charge in [-0.05, 0) is 71.3 Å². The number of hydrogen-bond acceptors (Lipinski definition) is 2. The van der Waals surface area contributed by atoms with Gasteiger partial charge in [-0.15, -0.1) is 0 Å². The number of nitrogens with zero attached hydrogens (tertiary/aromatic N) is 1. The molecule has 1 aliphatic heterocycles. The van der Waals surface area contributed by atoms with Crippen molar-refractivity contribution in [2.24, 2.45) is 5.41 Å². The summed E-state index contributed by atoms with van der Waals surface area (Å²) in [5.41, 5.74) is 0.766. The molecule has 1 aromatic carbocycles. The number of hydrogen-bond donors (Lipinski definition) is 0. The normalized spacial score (nSPS) is 32.4. The molecule has 1 saturated heterocycles. The standard InChI is InChI=1S/C21H30FNO2/c1-15-6-8-16(9-7-15)17-12-21(13-20(5,22)14-21)10-11-23(17)18(24)25-19(2,3)4/h6-9,17H,10-14H2,1-5H3. The first-order chi connectivity index (χ1) is 11.5. The van der Waals surface area contributed by atoms with Gasteiger partial charge in [0.2, 0.25) is 0 Å². The van der Waals surface area contributed by atoms with Crippen LogP contribution in [0.5, 0.6) is 0 Å². The third-order valence-electron chi connectivity index (χ3n) is 5.46. The molecule has 25 heavy (non-hydrogen) atoms. The van der Waals surface area contributed by atoms with Crippen LogP contribution in [-0.4, -0.2) is 28.8 Å². The summed E-state index contributed by atoms with van der Waals surface area (Å²) in [4.78, 5) is 14.6. The fraction of sp³-hybridized carbons (Fsp3) is 0.667. The summed E-state index contributed by atoms with van der Waals surface area (Å²) in [5, 5.41) is 0. The van der Waals surface area contributed by atoms with Crippen molar-refractivity contribution in [2.75, 3.05) is 6.54 Å². The van der Waals surface area contributed by atoms with Gasteiger partial charge in [-0.2, -0.15) is 0 Å². The highest BCUT2D eigenvalue weighted by Gasteiger charge is 2.56. The minimum Gasteiger partial charge on any atom is -0.444 e. The largest absolute Gasteiger partial charge is 0.444 e. The van der Waals surface area contributed by atoms with Gasteiger partial charge < -0.3 is 9.64 Å². The molecule has 3 nitrogen and oxygen atoms in total. The lowest BCUT2D eigenvalue weighted by Gasteiger charge is -2.56. The van der Waals surface area contributed by atoms with Crippen LogP contribution >= 0.6 is 0 Å². The van der Waals surface area contributed by atoms with E-state index in [9.17, 15) is 9.18 Å². The van der Waals surface area contributed by atoms with E-state index < -0.39 is 11.3 Å². The number of carbonyl (C=O) groups excluding carboxylic acids is 1. The van der Waals surface area contributed by atoms with Crippen LogP contribution in [-0.2, 0) is 4.74 Å². The summed E-state index contributed by atoms with van der Waals surface area (Å²) in [6.07, 6.45) is 2.60. The summed E-state index contributed by atoms with van der Waals surface area (Å²) < 4.78 is 19.8. The third-order valence-corrected chi connectivity index (χ3v) is 5.46. The zero-order chi connectivity index (χ0) is 18.5. The van der Waals surface area contributed by atoms with Gasteiger partial charge >= 0.3 is 6.09 Å².